The first-order chi connectivity index (χ1) is 10.7. The number of piperidine rings is 1. The van der Waals surface area contributed by atoms with Crippen LogP contribution < -0.4 is 11.1 Å². The molecule has 23 heavy (non-hydrogen) atoms. The third-order valence-corrected chi connectivity index (χ3v) is 6.33. The topological polar surface area (TPSA) is 95.7 Å². The lowest BCUT2D eigenvalue weighted by Gasteiger charge is -2.34. The lowest BCUT2D eigenvalue weighted by molar-refractivity contribution is -0.131. The minimum absolute atomic E-state index is 0.129. The molecule has 126 valence electrons. The van der Waals surface area contributed by atoms with Gasteiger partial charge < -0.3 is 21.0 Å². The zero-order chi connectivity index (χ0) is 16.9. The molecule has 3 fully saturated rings. The van der Waals surface area contributed by atoms with Gasteiger partial charge >= 0.3 is 0 Å². The van der Waals surface area contributed by atoms with Gasteiger partial charge in [-0.1, -0.05) is 33.1 Å². The van der Waals surface area contributed by atoms with Crippen LogP contribution in [0.3, 0.4) is 0 Å². The predicted octanol–water partition coefficient (Wildman–Crippen LogP) is -0.452. The molecular formula is C16H26BN3O3. The molecule has 2 aliphatic carbocycles. The fourth-order valence-electron chi connectivity index (χ4n) is 4.44. The largest absolute Gasteiger partial charge is 0.381 e. The van der Waals surface area contributed by atoms with E-state index < -0.39 is 18.1 Å². The molecule has 0 aromatic heterocycles. The Labute approximate surface area is 138 Å². The van der Waals surface area contributed by atoms with Crippen LogP contribution in [0.2, 0.25) is 0 Å². The van der Waals surface area contributed by atoms with Gasteiger partial charge in [0.25, 0.3) is 0 Å². The number of primary amides is 1. The van der Waals surface area contributed by atoms with Gasteiger partial charge in [-0.2, -0.15) is 0 Å². The Kier molecular flexibility index (Phi) is 4.21. The van der Waals surface area contributed by atoms with Crippen molar-refractivity contribution in [3.8, 4) is 0 Å². The first-order valence-electron chi connectivity index (χ1n) is 8.52. The standard InChI is InChI=1S/C16H26BN3O3/c1-16(2)9-7-20(17)12(11(9)16)15(23)19-10(13(21)14(18)22)6-8-4-3-5-8/h8-13,21H,3-7H2,1-2H3,(H2,18,22)(H,19,23). The average molecular weight is 319 g/mol. The van der Waals surface area contributed by atoms with Crippen LogP contribution in [-0.2, 0) is 9.59 Å². The molecule has 0 spiro atoms. The minimum atomic E-state index is -1.35. The van der Waals surface area contributed by atoms with Crippen molar-refractivity contribution in [2.45, 2.75) is 57.7 Å². The number of rotatable bonds is 6. The Balaban J connectivity index is 1.66. The molecule has 5 unspecified atom stereocenters. The van der Waals surface area contributed by atoms with E-state index in [4.69, 9.17) is 13.7 Å². The van der Waals surface area contributed by atoms with Gasteiger partial charge in [0.1, 0.15) is 0 Å². The van der Waals surface area contributed by atoms with E-state index in [0.717, 1.165) is 19.3 Å². The smallest absolute Gasteiger partial charge is 0.248 e. The number of nitrogens with one attached hydrogen (secondary N) is 1. The predicted molar refractivity (Wildman–Crippen MR) is 86.1 cm³/mol. The quantitative estimate of drug-likeness (QED) is 0.578. The summed E-state index contributed by atoms with van der Waals surface area (Å²) in [5, 5.41) is 12.9. The molecule has 2 radical (unpaired) electrons. The summed E-state index contributed by atoms with van der Waals surface area (Å²) >= 11 is 0. The lowest BCUT2D eigenvalue weighted by Crippen LogP contribution is -2.55. The molecule has 0 bridgehead atoms. The Morgan fingerprint density at radius 2 is 2.09 bits per heavy atom. The van der Waals surface area contributed by atoms with E-state index in [1.165, 1.54) is 0 Å². The van der Waals surface area contributed by atoms with Crippen molar-refractivity contribution < 1.29 is 14.7 Å². The molecule has 7 heteroatoms. The zero-order valence-corrected chi connectivity index (χ0v) is 13.9. The molecule has 3 aliphatic rings. The molecule has 5 atom stereocenters. The summed E-state index contributed by atoms with van der Waals surface area (Å²) in [5.41, 5.74) is 5.36. The van der Waals surface area contributed by atoms with Gasteiger partial charge in [-0.15, -0.1) is 0 Å². The second-order valence-corrected chi connectivity index (χ2v) is 8.09. The molecular weight excluding hydrogens is 293 g/mol. The van der Waals surface area contributed by atoms with Crippen LogP contribution >= 0.6 is 0 Å². The van der Waals surface area contributed by atoms with E-state index in [1.807, 2.05) is 0 Å². The summed E-state index contributed by atoms with van der Waals surface area (Å²) in [5.74, 6) is 0.124. The number of amides is 2. The normalized spacial score (nSPS) is 35.0. The van der Waals surface area contributed by atoms with E-state index in [-0.39, 0.29) is 23.3 Å². The number of nitrogens with zero attached hydrogens (tertiary/aromatic N) is 1. The van der Waals surface area contributed by atoms with Crippen LogP contribution in [0, 0.1) is 23.2 Å². The SMILES string of the molecule is [B]N1CC2C(C1C(=O)NC(CC1CCC1)C(O)C(N)=O)C2(C)C. The maximum atomic E-state index is 12.7. The average Bonchev–Trinajstić information content (AvgIpc) is 2.80. The molecule has 2 amide bonds. The molecule has 0 aromatic rings. The van der Waals surface area contributed by atoms with E-state index in [9.17, 15) is 14.7 Å². The Morgan fingerprint density at radius 1 is 1.43 bits per heavy atom. The number of hydrogen-bond donors (Lipinski definition) is 3. The van der Waals surface area contributed by atoms with Crippen LogP contribution in [0.5, 0.6) is 0 Å². The number of hydrogen-bond acceptors (Lipinski definition) is 4. The number of fused-ring (bicyclic) bond motifs is 1. The zero-order valence-electron chi connectivity index (χ0n) is 13.9. The molecule has 1 heterocycles. The molecule has 0 aromatic carbocycles. The summed E-state index contributed by atoms with van der Waals surface area (Å²) < 4.78 is 0. The fourth-order valence-corrected chi connectivity index (χ4v) is 4.44. The van der Waals surface area contributed by atoms with Crippen molar-refractivity contribution in [3.63, 3.8) is 0 Å². The molecule has 4 N–H and O–H groups in total. The highest BCUT2D eigenvalue weighted by Gasteiger charge is 2.67. The highest BCUT2D eigenvalue weighted by Crippen LogP contribution is 2.64. The summed E-state index contributed by atoms with van der Waals surface area (Å²) in [4.78, 5) is 25.7. The Bertz CT molecular complexity index is 509. The Morgan fingerprint density at radius 3 is 2.57 bits per heavy atom. The third-order valence-electron chi connectivity index (χ3n) is 6.33. The third kappa shape index (κ3) is 2.89. The highest BCUT2D eigenvalue weighted by atomic mass is 16.3. The number of aliphatic hydroxyl groups is 1. The van der Waals surface area contributed by atoms with Crippen molar-refractivity contribution in [1.82, 2.24) is 10.1 Å². The summed E-state index contributed by atoms with van der Waals surface area (Å²) in [6.45, 7) is 5.01. The number of nitrogens with two attached hydrogens (primary N) is 1. The van der Waals surface area contributed by atoms with Crippen LogP contribution in [0.1, 0.15) is 39.5 Å². The lowest BCUT2D eigenvalue weighted by atomic mass is 9.79. The summed E-state index contributed by atoms with van der Waals surface area (Å²) in [6.07, 6.45) is 2.54. The maximum absolute atomic E-state index is 12.7. The maximum Gasteiger partial charge on any atom is 0.248 e. The van der Waals surface area contributed by atoms with Crippen LogP contribution in [0.25, 0.3) is 0 Å². The van der Waals surface area contributed by atoms with E-state index in [1.54, 1.807) is 4.81 Å². The number of aliphatic hydroxyl groups excluding tert-OH is 1. The van der Waals surface area contributed by atoms with Crippen LogP contribution in [0.4, 0.5) is 0 Å². The Hall–Kier alpha value is -1.08. The van der Waals surface area contributed by atoms with Crippen LogP contribution in [-0.4, -0.2) is 54.4 Å². The first kappa shape index (κ1) is 16.8. The van der Waals surface area contributed by atoms with E-state index >= 15 is 0 Å². The molecule has 1 saturated heterocycles. The summed E-state index contributed by atoms with van der Waals surface area (Å²) in [7, 11) is 5.99. The van der Waals surface area contributed by atoms with Gasteiger partial charge in [0.2, 0.25) is 11.8 Å². The van der Waals surface area contributed by atoms with Gasteiger partial charge in [-0.25, -0.2) is 0 Å². The van der Waals surface area contributed by atoms with Gasteiger partial charge in [0.05, 0.1) is 12.1 Å². The van der Waals surface area contributed by atoms with Gasteiger partial charge in [-0.05, 0) is 36.1 Å². The number of carbonyl (C=O) groups excluding carboxylic acids is 2. The molecule has 6 nitrogen and oxygen atoms in total. The van der Waals surface area contributed by atoms with Crippen molar-refractivity contribution in [2.24, 2.45) is 28.9 Å². The van der Waals surface area contributed by atoms with Crippen molar-refractivity contribution >= 4 is 19.8 Å². The van der Waals surface area contributed by atoms with E-state index in [2.05, 4.69) is 19.2 Å². The molecule has 3 rings (SSSR count). The van der Waals surface area contributed by atoms with E-state index in [0.29, 0.717) is 24.8 Å². The van der Waals surface area contributed by atoms with Gasteiger partial charge in [-0.3, -0.25) is 9.59 Å². The molecule has 1 aliphatic heterocycles. The first-order valence-corrected chi connectivity index (χ1v) is 8.52. The minimum Gasteiger partial charge on any atom is -0.381 e. The molecule has 2 saturated carbocycles. The van der Waals surface area contributed by atoms with Crippen molar-refractivity contribution in [1.29, 1.82) is 0 Å². The summed E-state index contributed by atoms with van der Waals surface area (Å²) in [6, 6.07) is -1.02. The van der Waals surface area contributed by atoms with Crippen LogP contribution in [0.15, 0.2) is 0 Å². The number of carbonyl (C=O) groups is 2. The second-order valence-electron chi connectivity index (χ2n) is 8.09. The fraction of sp³-hybridized carbons (Fsp3) is 0.875. The van der Waals surface area contributed by atoms with Gasteiger partial charge in [0.15, 0.2) is 14.1 Å². The second kappa shape index (κ2) is 5.78. The monoisotopic (exact) mass is 319 g/mol. The highest BCUT2D eigenvalue weighted by molar-refractivity contribution is 6.07. The van der Waals surface area contributed by atoms with Crippen molar-refractivity contribution in [2.75, 3.05) is 6.54 Å². The van der Waals surface area contributed by atoms with Crippen molar-refractivity contribution in [3.05, 3.63) is 0 Å². The van der Waals surface area contributed by atoms with Gasteiger partial charge in [0, 0.05) is 0 Å².